The summed E-state index contributed by atoms with van der Waals surface area (Å²) in [5, 5.41) is 7.37. The van der Waals surface area contributed by atoms with Crippen LogP contribution in [0.1, 0.15) is 28.2 Å². The number of nitrogen functional groups attached to an aromatic ring is 1. The molecule has 0 atom stereocenters. The Morgan fingerprint density at radius 2 is 1.96 bits per heavy atom. The summed E-state index contributed by atoms with van der Waals surface area (Å²) in [6.07, 6.45) is 6.57. The quantitative estimate of drug-likeness (QED) is 0.670. The van der Waals surface area contributed by atoms with Gasteiger partial charge in [0.05, 0.1) is 11.4 Å². The minimum absolute atomic E-state index is 0.139. The topological polar surface area (TPSA) is 98.7 Å². The van der Waals surface area contributed by atoms with Crippen molar-refractivity contribution in [1.82, 2.24) is 25.1 Å². The van der Waals surface area contributed by atoms with Gasteiger partial charge in [-0.1, -0.05) is 18.2 Å². The Labute approximate surface area is 145 Å². The molecular weight excluding hydrogens is 316 g/mol. The van der Waals surface area contributed by atoms with Crippen LogP contribution in [-0.4, -0.2) is 32.2 Å². The van der Waals surface area contributed by atoms with Crippen molar-refractivity contribution in [3.05, 3.63) is 65.9 Å². The Kier molecular flexibility index (Phi) is 5.03. The van der Waals surface area contributed by atoms with E-state index >= 15 is 0 Å². The van der Waals surface area contributed by atoms with Gasteiger partial charge in [0.2, 0.25) is 0 Å². The first-order valence-electron chi connectivity index (χ1n) is 8.10. The second-order valence-corrected chi connectivity index (χ2v) is 5.67. The molecule has 0 aliphatic heterocycles. The van der Waals surface area contributed by atoms with Crippen LogP contribution in [0.2, 0.25) is 0 Å². The Balaban J connectivity index is 1.54. The first-order chi connectivity index (χ1) is 12.1. The lowest BCUT2D eigenvalue weighted by atomic mass is 10.1. The van der Waals surface area contributed by atoms with Crippen LogP contribution >= 0.6 is 0 Å². The van der Waals surface area contributed by atoms with Crippen molar-refractivity contribution in [1.29, 1.82) is 0 Å². The van der Waals surface area contributed by atoms with Crippen LogP contribution in [0.5, 0.6) is 0 Å². The number of rotatable bonds is 6. The van der Waals surface area contributed by atoms with E-state index in [1.54, 1.807) is 0 Å². The average molecular weight is 336 g/mol. The molecule has 0 fully saturated rings. The predicted molar refractivity (Wildman–Crippen MR) is 95.4 cm³/mol. The lowest BCUT2D eigenvalue weighted by Crippen LogP contribution is -2.27. The van der Waals surface area contributed by atoms with Gasteiger partial charge in [-0.3, -0.25) is 4.79 Å². The maximum absolute atomic E-state index is 12.0. The van der Waals surface area contributed by atoms with Crippen molar-refractivity contribution in [2.24, 2.45) is 0 Å². The van der Waals surface area contributed by atoms with Crippen LogP contribution in [0.25, 0.3) is 5.69 Å². The lowest BCUT2D eigenvalue weighted by molar-refractivity contribution is 0.0949. The van der Waals surface area contributed by atoms with Crippen LogP contribution < -0.4 is 11.1 Å². The fourth-order valence-corrected chi connectivity index (χ4v) is 2.54. The zero-order chi connectivity index (χ0) is 17.6. The van der Waals surface area contributed by atoms with Gasteiger partial charge in [0.1, 0.15) is 0 Å². The van der Waals surface area contributed by atoms with Crippen LogP contribution in [0.15, 0.2) is 48.9 Å². The second kappa shape index (κ2) is 7.57. The highest BCUT2D eigenvalue weighted by atomic mass is 16.1. The zero-order valence-corrected chi connectivity index (χ0v) is 14.0. The summed E-state index contributed by atoms with van der Waals surface area (Å²) in [5.74, 6) is -0.165. The number of benzene rings is 1. The molecule has 0 aliphatic rings. The summed E-state index contributed by atoms with van der Waals surface area (Å²) in [6, 6.07) is 9.98. The maximum Gasteiger partial charge on any atom is 0.273 e. The third kappa shape index (κ3) is 4.00. The van der Waals surface area contributed by atoms with E-state index in [4.69, 9.17) is 5.73 Å². The minimum Gasteiger partial charge on any atom is -0.382 e. The molecule has 0 spiro atoms. The summed E-state index contributed by atoms with van der Waals surface area (Å²) in [6.45, 7) is 2.53. The van der Waals surface area contributed by atoms with Gasteiger partial charge in [-0.05, 0) is 37.5 Å². The molecule has 7 heteroatoms. The molecule has 0 aliphatic carbocycles. The molecule has 25 heavy (non-hydrogen) atoms. The number of nitrogens with two attached hydrogens (primary N) is 1. The number of nitrogens with one attached hydrogen (secondary N) is 1. The minimum atomic E-state index is -0.303. The van der Waals surface area contributed by atoms with Crippen molar-refractivity contribution in [3.63, 3.8) is 0 Å². The molecule has 3 N–H and O–H groups in total. The van der Waals surface area contributed by atoms with E-state index < -0.39 is 0 Å². The van der Waals surface area contributed by atoms with Crippen LogP contribution in [0.3, 0.4) is 0 Å². The van der Waals surface area contributed by atoms with Crippen LogP contribution in [0.4, 0.5) is 5.82 Å². The van der Waals surface area contributed by atoms with E-state index in [1.165, 1.54) is 12.4 Å². The monoisotopic (exact) mass is 336 g/mol. The predicted octanol–water partition coefficient (Wildman–Crippen LogP) is 1.92. The van der Waals surface area contributed by atoms with E-state index in [0.717, 1.165) is 29.8 Å². The molecule has 1 amide bonds. The molecule has 3 aromatic rings. The summed E-state index contributed by atoms with van der Waals surface area (Å²) in [5.41, 5.74) is 9.00. The van der Waals surface area contributed by atoms with Gasteiger partial charge in [-0.2, -0.15) is 5.10 Å². The van der Waals surface area contributed by atoms with Gasteiger partial charge in [-0.15, -0.1) is 0 Å². The van der Waals surface area contributed by atoms with Gasteiger partial charge in [-0.25, -0.2) is 14.6 Å². The molecule has 7 nitrogen and oxygen atoms in total. The largest absolute Gasteiger partial charge is 0.382 e. The summed E-state index contributed by atoms with van der Waals surface area (Å²) >= 11 is 0. The number of nitrogens with zero attached hydrogens (tertiary/aromatic N) is 4. The van der Waals surface area contributed by atoms with Gasteiger partial charge in [0, 0.05) is 25.1 Å². The summed E-state index contributed by atoms with van der Waals surface area (Å²) in [7, 11) is 0. The highest BCUT2D eigenvalue weighted by molar-refractivity contribution is 5.96. The smallest absolute Gasteiger partial charge is 0.273 e. The molecule has 0 unspecified atom stereocenters. The SMILES string of the molecule is Cc1nn(-c2ccccc2)cc1CCCNC(=O)c1nccnc1N. The number of hydrogen-bond acceptors (Lipinski definition) is 5. The maximum atomic E-state index is 12.0. The molecule has 3 rings (SSSR count). The first-order valence-corrected chi connectivity index (χ1v) is 8.10. The number of anilines is 1. The second-order valence-electron chi connectivity index (χ2n) is 5.67. The normalized spacial score (nSPS) is 10.6. The average Bonchev–Trinajstić information content (AvgIpc) is 3.00. The molecular formula is C18H20N6O. The molecule has 2 aromatic heterocycles. The highest BCUT2D eigenvalue weighted by Gasteiger charge is 2.11. The van der Waals surface area contributed by atoms with Crippen molar-refractivity contribution >= 4 is 11.7 Å². The van der Waals surface area contributed by atoms with E-state index in [2.05, 4.69) is 20.4 Å². The number of carbonyl (C=O) groups excluding carboxylic acids is 1. The van der Waals surface area contributed by atoms with E-state index in [0.29, 0.717) is 6.54 Å². The van der Waals surface area contributed by atoms with Crippen molar-refractivity contribution in [3.8, 4) is 5.69 Å². The van der Waals surface area contributed by atoms with Crippen LogP contribution in [-0.2, 0) is 6.42 Å². The molecule has 0 saturated carbocycles. The molecule has 2 heterocycles. The first kappa shape index (κ1) is 16.6. The number of amides is 1. The molecule has 0 bridgehead atoms. The highest BCUT2D eigenvalue weighted by Crippen LogP contribution is 2.13. The number of carbonyl (C=O) groups is 1. The Bertz CT molecular complexity index is 859. The third-order valence-electron chi connectivity index (χ3n) is 3.87. The van der Waals surface area contributed by atoms with Crippen LogP contribution in [0, 0.1) is 6.92 Å². The van der Waals surface area contributed by atoms with E-state index in [9.17, 15) is 4.79 Å². The van der Waals surface area contributed by atoms with E-state index in [1.807, 2.05) is 48.1 Å². The van der Waals surface area contributed by atoms with Gasteiger partial charge < -0.3 is 11.1 Å². The number of aromatic nitrogens is 4. The Morgan fingerprint density at radius 1 is 1.20 bits per heavy atom. The third-order valence-corrected chi connectivity index (χ3v) is 3.87. The number of hydrogen-bond donors (Lipinski definition) is 2. The molecule has 0 radical (unpaired) electrons. The number of para-hydroxylation sites is 1. The Hall–Kier alpha value is -3.22. The van der Waals surface area contributed by atoms with Crippen molar-refractivity contribution in [2.45, 2.75) is 19.8 Å². The number of aryl methyl sites for hydroxylation is 2. The van der Waals surface area contributed by atoms with Gasteiger partial charge in [0.25, 0.3) is 5.91 Å². The zero-order valence-electron chi connectivity index (χ0n) is 14.0. The van der Waals surface area contributed by atoms with Gasteiger partial charge >= 0.3 is 0 Å². The summed E-state index contributed by atoms with van der Waals surface area (Å²) < 4.78 is 1.88. The molecule has 1 aromatic carbocycles. The Morgan fingerprint density at radius 3 is 2.72 bits per heavy atom. The van der Waals surface area contributed by atoms with Gasteiger partial charge in [0.15, 0.2) is 11.5 Å². The summed E-state index contributed by atoms with van der Waals surface area (Å²) in [4.78, 5) is 19.8. The lowest BCUT2D eigenvalue weighted by Gasteiger charge is -2.05. The molecule has 0 saturated heterocycles. The fourth-order valence-electron chi connectivity index (χ4n) is 2.54. The van der Waals surface area contributed by atoms with E-state index in [-0.39, 0.29) is 17.4 Å². The van der Waals surface area contributed by atoms with Crippen molar-refractivity contribution < 1.29 is 4.79 Å². The standard InChI is InChI=1S/C18H20N6O/c1-13-14(12-24(23-13)15-7-3-2-4-8-15)6-5-9-22-18(25)16-17(19)21-11-10-20-16/h2-4,7-8,10-12H,5-6,9H2,1H3,(H2,19,21)(H,22,25). The molecule has 128 valence electrons. The fraction of sp³-hybridized carbons (Fsp3) is 0.222. The van der Waals surface area contributed by atoms with Crippen molar-refractivity contribution in [2.75, 3.05) is 12.3 Å².